The maximum absolute atomic E-state index is 12.2. The summed E-state index contributed by atoms with van der Waals surface area (Å²) in [5, 5.41) is 4.81. The van der Waals surface area contributed by atoms with Crippen LogP contribution in [0.5, 0.6) is 0 Å². The second kappa shape index (κ2) is 5.34. The quantitative estimate of drug-likeness (QED) is 0.912. The maximum Gasteiger partial charge on any atom is 0.266 e. The van der Waals surface area contributed by atoms with Crippen molar-refractivity contribution in [1.82, 2.24) is 15.3 Å². The lowest BCUT2D eigenvalue weighted by atomic mass is 10.2. The minimum Gasteiger partial charge on any atom is -0.332 e. The van der Waals surface area contributed by atoms with E-state index in [0.717, 1.165) is 12.1 Å². The first-order valence-corrected chi connectivity index (χ1v) is 7.82. The highest BCUT2D eigenvalue weighted by molar-refractivity contribution is 7.12. The van der Waals surface area contributed by atoms with Crippen LogP contribution in [0.15, 0.2) is 52.1 Å². The molecule has 2 aromatic rings. The third-order valence-corrected chi connectivity index (χ3v) is 4.55. The van der Waals surface area contributed by atoms with Gasteiger partial charge in [-0.1, -0.05) is 6.07 Å². The molecule has 6 nitrogen and oxygen atoms in total. The predicted octanol–water partition coefficient (Wildman–Crippen LogP) is 1.50. The Bertz CT molecular complexity index is 766. The van der Waals surface area contributed by atoms with Crippen molar-refractivity contribution in [2.75, 3.05) is 24.5 Å². The fourth-order valence-corrected chi connectivity index (χ4v) is 3.25. The van der Waals surface area contributed by atoms with Crippen LogP contribution in [0.3, 0.4) is 0 Å². The molecule has 22 heavy (non-hydrogen) atoms. The molecule has 2 aliphatic heterocycles. The number of nitrogens with one attached hydrogen (secondary N) is 1. The number of nitrogens with zero attached hydrogens (tertiary/aromatic N) is 4. The van der Waals surface area contributed by atoms with Gasteiger partial charge in [-0.3, -0.25) is 9.79 Å². The van der Waals surface area contributed by atoms with Gasteiger partial charge in [-0.15, -0.1) is 11.3 Å². The van der Waals surface area contributed by atoms with Gasteiger partial charge in [0, 0.05) is 31.1 Å². The topological polar surface area (TPSA) is 70.5 Å². The number of carbonyl (C=O) groups excluding carboxylic acids is 1. The van der Waals surface area contributed by atoms with Crippen LogP contribution < -0.4 is 10.2 Å². The molecule has 0 aromatic carbocycles. The first-order valence-electron chi connectivity index (χ1n) is 6.94. The standard InChI is InChI=1S/C15H13N5OS/c21-14(12-3-1-6-22-12)19-13-11-9-20(8-10(11)7-18-13)15-16-4-2-5-17-15/h1-6H,7-9H2,(H,18,19,21). The molecule has 2 aromatic heterocycles. The molecule has 0 aliphatic carbocycles. The van der Waals surface area contributed by atoms with Gasteiger partial charge in [0.1, 0.15) is 5.84 Å². The van der Waals surface area contributed by atoms with Crippen molar-refractivity contribution in [3.8, 4) is 0 Å². The van der Waals surface area contributed by atoms with Crippen LogP contribution in [0, 0.1) is 0 Å². The molecule has 0 bridgehead atoms. The first kappa shape index (κ1) is 13.1. The molecule has 1 amide bonds. The van der Waals surface area contributed by atoms with Gasteiger partial charge in [0.25, 0.3) is 5.91 Å². The van der Waals surface area contributed by atoms with Gasteiger partial charge in [0.05, 0.1) is 11.4 Å². The first-order chi connectivity index (χ1) is 10.8. The summed E-state index contributed by atoms with van der Waals surface area (Å²) in [4.78, 5) is 27.9. The summed E-state index contributed by atoms with van der Waals surface area (Å²) < 4.78 is 0. The van der Waals surface area contributed by atoms with E-state index in [-0.39, 0.29) is 5.91 Å². The third kappa shape index (κ3) is 2.29. The number of aliphatic imine (C=N–C) groups is 1. The largest absolute Gasteiger partial charge is 0.332 e. The van der Waals surface area contributed by atoms with E-state index in [1.165, 1.54) is 16.9 Å². The highest BCUT2D eigenvalue weighted by Crippen LogP contribution is 2.26. The van der Waals surface area contributed by atoms with Gasteiger partial charge < -0.3 is 10.2 Å². The molecule has 0 saturated heterocycles. The highest BCUT2D eigenvalue weighted by Gasteiger charge is 2.31. The lowest BCUT2D eigenvalue weighted by Gasteiger charge is -2.17. The zero-order valence-corrected chi connectivity index (χ0v) is 12.5. The van der Waals surface area contributed by atoms with Crippen molar-refractivity contribution >= 4 is 29.0 Å². The molecule has 0 spiro atoms. The van der Waals surface area contributed by atoms with Gasteiger partial charge >= 0.3 is 0 Å². The summed E-state index contributed by atoms with van der Waals surface area (Å²) in [5.74, 6) is 1.30. The van der Waals surface area contributed by atoms with E-state index in [1.807, 2.05) is 17.5 Å². The van der Waals surface area contributed by atoms with Crippen molar-refractivity contribution in [2.24, 2.45) is 4.99 Å². The molecule has 0 fully saturated rings. The summed E-state index contributed by atoms with van der Waals surface area (Å²) in [7, 11) is 0. The molecule has 0 unspecified atom stereocenters. The van der Waals surface area contributed by atoms with Crippen LogP contribution in [0.1, 0.15) is 9.67 Å². The Morgan fingerprint density at radius 3 is 2.86 bits per heavy atom. The fourth-order valence-electron chi connectivity index (χ4n) is 2.63. The molecule has 4 rings (SSSR count). The van der Waals surface area contributed by atoms with Crippen LogP contribution in [-0.2, 0) is 0 Å². The van der Waals surface area contributed by atoms with Crippen LogP contribution in [0.25, 0.3) is 0 Å². The number of anilines is 1. The van der Waals surface area contributed by atoms with E-state index in [9.17, 15) is 4.79 Å². The van der Waals surface area contributed by atoms with E-state index < -0.39 is 0 Å². The third-order valence-electron chi connectivity index (χ3n) is 3.68. The van der Waals surface area contributed by atoms with Crippen LogP contribution in [0.2, 0.25) is 0 Å². The average molecular weight is 311 g/mol. The lowest BCUT2D eigenvalue weighted by Crippen LogP contribution is -2.33. The number of carbonyl (C=O) groups is 1. The maximum atomic E-state index is 12.2. The van der Waals surface area contributed by atoms with Gasteiger partial charge in [-0.25, -0.2) is 9.97 Å². The Morgan fingerprint density at radius 1 is 1.23 bits per heavy atom. The molecule has 4 heterocycles. The van der Waals surface area contributed by atoms with Crippen molar-refractivity contribution in [3.63, 3.8) is 0 Å². The van der Waals surface area contributed by atoms with Crippen molar-refractivity contribution in [2.45, 2.75) is 0 Å². The number of hydrogen-bond acceptors (Lipinski definition) is 6. The zero-order chi connectivity index (χ0) is 14.9. The molecule has 110 valence electrons. The summed E-state index contributed by atoms with van der Waals surface area (Å²) in [6, 6.07) is 5.48. The summed E-state index contributed by atoms with van der Waals surface area (Å²) >= 11 is 1.42. The molecular weight excluding hydrogens is 298 g/mol. The summed E-state index contributed by atoms with van der Waals surface area (Å²) in [6.45, 7) is 2.09. The number of rotatable bonds is 2. The van der Waals surface area contributed by atoms with E-state index in [4.69, 9.17) is 0 Å². The minimum atomic E-state index is -0.100. The van der Waals surface area contributed by atoms with Gasteiger partial charge in [-0.05, 0) is 23.1 Å². The average Bonchev–Trinajstić information content (AvgIpc) is 3.26. The highest BCUT2D eigenvalue weighted by atomic mass is 32.1. The summed E-state index contributed by atoms with van der Waals surface area (Å²) in [6.07, 6.45) is 3.47. The monoisotopic (exact) mass is 311 g/mol. The lowest BCUT2D eigenvalue weighted by molar-refractivity contribution is 0.0981. The van der Waals surface area contributed by atoms with Crippen LogP contribution in [0.4, 0.5) is 5.95 Å². The molecule has 2 aliphatic rings. The van der Waals surface area contributed by atoms with Crippen LogP contribution >= 0.6 is 11.3 Å². The Labute approximate surface area is 131 Å². The minimum absolute atomic E-state index is 0.100. The predicted molar refractivity (Wildman–Crippen MR) is 85.4 cm³/mol. The van der Waals surface area contributed by atoms with E-state index >= 15 is 0 Å². The molecule has 1 N–H and O–H groups in total. The molecule has 0 atom stereocenters. The number of amides is 1. The SMILES string of the molecule is O=C(NC1=NCC2=C1CN(c1ncccn1)C2)c1cccs1. The van der Waals surface area contributed by atoms with Crippen molar-refractivity contribution in [1.29, 1.82) is 0 Å². The second-order valence-electron chi connectivity index (χ2n) is 5.08. The fraction of sp³-hybridized carbons (Fsp3) is 0.200. The Hall–Kier alpha value is -2.54. The molecule has 0 radical (unpaired) electrons. The zero-order valence-electron chi connectivity index (χ0n) is 11.7. The van der Waals surface area contributed by atoms with Crippen LogP contribution in [-0.4, -0.2) is 41.3 Å². The number of hydrogen-bond donors (Lipinski definition) is 1. The Kier molecular flexibility index (Phi) is 3.19. The smallest absolute Gasteiger partial charge is 0.266 e. The number of amidine groups is 1. The van der Waals surface area contributed by atoms with E-state index in [1.54, 1.807) is 18.5 Å². The van der Waals surface area contributed by atoms with E-state index in [2.05, 4.69) is 25.2 Å². The Morgan fingerprint density at radius 2 is 2.09 bits per heavy atom. The molecule has 7 heteroatoms. The molecule has 0 saturated carbocycles. The van der Waals surface area contributed by atoms with Gasteiger partial charge in [0.15, 0.2) is 0 Å². The molecular formula is C15H13N5OS. The van der Waals surface area contributed by atoms with Gasteiger partial charge in [-0.2, -0.15) is 0 Å². The van der Waals surface area contributed by atoms with Crippen molar-refractivity contribution < 1.29 is 4.79 Å². The Balaban J connectivity index is 1.48. The normalized spacial score (nSPS) is 16.7. The van der Waals surface area contributed by atoms with Crippen molar-refractivity contribution in [3.05, 3.63) is 52.0 Å². The number of thiophene rings is 1. The second-order valence-corrected chi connectivity index (χ2v) is 6.03. The number of aromatic nitrogens is 2. The van der Waals surface area contributed by atoms with Gasteiger partial charge in [0.2, 0.25) is 5.95 Å². The van der Waals surface area contributed by atoms with E-state index in [0.29, 0.717) is 29.8 Å². The summed E-state index contributed by atoms with van der Waals surface area (Å²) in [5.41, 5.74) is 2.33.